The summed E-state index contributed by atoms with van der Waals surface area (Å²) in [6, 6.07) is 3.94. The molecule has 0 unspecified atom stereocenters. The van der Waals surface area contributed by atoms with Crippen LogP contribution in [0, 0.1) is 12.8 Å². The predicted molar refractivity (Wildman–Crippen MR) is 89.0 cm³/mol. The Morgan fingerprint density at radius 3 is 2.65 bits per heavy atom. The molecule has 1 aliphatic rings. The summed E-state index contributed by atoms with van der Waals surface area (Å²) in [6.07, 6.45) is 5.29. The van der Waals surface area contributed by atoms with Crippen LogP contribution < -0.4 is 11.1 Å². The minimum Gasteiger partial charge on any atom is -0.398 e. The lowest BCUT2D eigenvalue weighted by atomic mass is 9.78. The van der Waals surface area contributed by atoms with Gasteiger partial charge in [0, 0.05) is 22.4 Å². The second kappa shape index (κ2) is 6.35. The molecule has 0 bridgehead atoms. The molecule has 0 aliphatic heterocycles. The molecule has 1 aliphatic carbocycles. The first kappa shape index (κ1) is 15.6. The number of nitrogens with one attached hydrogen (secondary N) is 1. The van der Waals surface area contributed by atoms with Crippen molar-refractivity contribution in [3.63, 3.8) is 0 Å². The molecule has 20 heavy (non-hydrogen) atoms. The summed E-state index contributed by atoms with van der Waals surface area (Å²) in [5.41, 5.74) is 8.15. The van der Waals surface area contributed by atoms with Crippen LogP contribution in [0.3, 0.4) is 0 Å². The topological polar surface area (TPSA) is 58.3 Å². The van der Waals surface area contributed by atoms with E-state index in [1.165, 1.54) is 6.42 Å². The summed E-state index contributed by atoms with van der Waals surface area (Å²) < 4.78 is 0.950. The van der Waals surface area contributed by atoms with E-state index in [1.807, 2.05) is 19.1 Å². The minimum absolute atomic E-state index is 0.569. The van der Waals surface area contributed by atoms with Crippen molar-refractivity contribution in [1.82, 2.24) is 0 Å². The van der Waals surface area contributed by atoms with Crippen LogP contribution in [0.4, 0.5) is 11.4 Å². The fourth-order valence-corrected chi connectivity index (χ4v) is 3.39. The molecule has 112 valence electrons. The Hall–Kier alpha value is -0.740. The third kappa shape index (κ3) is 3.67. The molecule has 1 saturated carbocycles. The van der Waals surface area contributed by atoms with Crippen molar-refractivity contribution in [2.24, 2.45) is 5.92 Å². The third-order valence-corrected chi connectivity index (χ3v) is 5.23. The van der Waals surface area contributed by atoms with E-state index in [-0.39, 0.29) is 0 Å². The molecule has 0 aromatic heterocycles. The molecule has 0 atom stereocenters. The van der Waals surface area contributed by atoms with Gasteiger partial charge in [0.05, 0.1) is 5.60 Å². The first-order valence-corrected chi connectivity index (χ1v) is 8.25. The number of anilines is 2. The number of rotatable bonds is 4. The Kier molecular flexibility index (Phi) is 4.97. The average molecular weight is 341 g/mol. The molecule has 1 aromatic rings. The predicted octanol–water partition coefficient (Wildman–Crippen LogP) is 4.08. The molecule has 3 nitrogen and oxygen atoms in total. The van der Waals surface area contributed by atoms with Crippen LogP contribution in [0.2, 0.25) is 0 Å². The fraction of sp³-hybridized carbons (Fsp3) is 0.625. The van der Waals surface area contributed by atoms with Crippen LogP contribution >= 0.6 is 15.9 Å². The molecule has 4 N–H and O–H groups in total. The van der Waals surface area contributed by atoms with Crippen molar-refractivity contribution in [1.29, 1.82) is 0 Å². The van der Waals surface area contributed by atoms with Gasteiger partial charge in [-0.3, -0.25) is 0 Å². The van der Waals surface area contributed by atoms with Gasteiger partial charge in [-0.05, 0) is 72.2 Å². The third-order valence-electron chi connectivity index (χ3n) is 4.58. The van der Waals surface area contributed by atoms with Crippen LogP contribution in [-0.2, 0) is 0 Å². The fourth-order valence-electron chi connectivity index (χ4n) is 2.89. The molecule has 1 fully saturated rings. The summed E-state index contributed by atoms with van der Waals surface area (Å²) in [6.45, 7) is 4.83. The summed E-state index contributed by atoms with van der Waals surface area (Å²) in [5.74, 6) is 0.792. The van der Waals surface area contributed by atoms with Gasteiger partial charge in [0.25, 0.3) is 0 Å². The Morgan fingerprint density at radius 1 is 1.40 bits per heavy atom. The normalized spacial score (nSPS) is 26.5. The number of hydrogen-bond acceptors (Lipinski definition) is 3. The summed E-state index contributed by atoms with van der Waals surface area (Å²) in [5, 5.41) is 14.0. The highest BCUT2D eigenvalue weighted by Gasteiger charge is 2.32. The van der Waals surface area contributed by atoms with Crippen molar-refractivity contribution in [3.8, 4) is 0 Å². The second-order valence-corrected chi connectivity index (χ2v) is 6.97. The van der Waals surface area contributed by atoms with E-state index in [4.69, 9.17) is 5.73 Å². The first-order valence-electron chi connectivity index (χ1n) is 7.45. The average Bonchev–Trinajstić information content (AvgIpc) is 2.42. The quantitative estimate of drug-likeness (QED) is 0.723. The van der Waals surface area contributed by atoms with E-state index < -0.39 is 5.60 Å². The Balaban J connectivity index is 1.97. The van der Waals surface area contributed by atoms with Gasteiger partial charge in [-0.15, -0.1) is 0 Å². The SMILES string of the molecule is CCC1CCC(O)(CNc2cc(C)c(N)cc2Br)CC1. The number of nitrogens with two attached hydrogens (primary N) is 1. The molecule has 0 radical (unpaired) electrons. The number of hydrogen-bond donors (Lipinski definition) is 3. The van der Waals surface area contributed by atoms with E-state index in [0.717, 1.165) is 53.0 Å². The molecule has 0 heterocycles. The van der Waals surface area contributed by atoms with Crippen molar-refractivity contribution >= 4 is 27.3 Å². The highest BCUT2D eigenvalue weighted by Crippen LogP contribution is 2.35. The molecule has 0 saturated heterocycles. The van der Waals surface area contributed by atoms with Crippen LogP contribution in [0.15, 0.2) is 16.6 Å². The number of nitrogen functional groups attached to an aromatic ring is 1. The maximum absolute atomic E-state index is 10.7. The van der Waals surface area contributed by atoms with Crippen molar-refractivity contribution in [2.45, 2.75) is 51.6 Å². The Bertz CT molecular complexity index is 468. The van der Waals surface area contributed by atoms with Gasteiger partial charge in [0.1, 0.15) is 0 Å². The monoisotopic (exact) mass is 340 g/mol. The number of benzene rings is 1. The maximum Gasteiger partial charge on any atom is 0.0819 e. The van der Waals surface area contributed by atoms with E-state index in [1.54, 1.807) is 0 Å². The number of aliphatic hydroxyl groups is 1. The van der Waals surface area contributed by atoms with E-state index in [9.17, 15) is 5.11 Å². The van der Waals surface area contributed by atoms with E-state index >= 15 is 0 Å². The van der Waals surface area contributed by atoms with Gasteiger partial charge in [-0.25, -0.2) is 0 Å². The zero-order chi connectivity index (χ0) is 14.8. The molecule has 0 amide bonds. The largest absolute Gasteiger partial charge is 0.398 e. The van der Waals surface area contributed by atoms with Crippen LogP contribution in [0.5, 0.6) is 0 Å². The molecule has 2 rings (SSSR count). The maximum atomic E-state index is 10.7. The Morgan fingerprint density at radius 2 is 2.05 bits per heavy atom. The van der Waals surface area contributed by atoms with Gasteiger partial charge in [-0.1, -0.05) is 13.3 Å². The first-order chi connectivity index (χ1) is 9.43. The molecule has 1 aromatic carbocycles. The lowest BCUT2D eigenvalue weighted by Crippen LogP contribution is -2.40. The van der Waals surface area contributed by atoms with Gasteiger partial charge in [0.15, 0.2) is 0 Å². The number of aryl methyl sites for hydroxylation is 1. The standard InChI is InChI=1S/C16H25BrN2O/c1-3-12-4-6-16(20,7-5-12)10-19-15-8-11(2)14(18)9-13(15)17/h8-9,12,19-20H,3-7,10,18H2,1-2H3. The van der Waals surface area contributed by atoms with Gasteiger partial charge in [0.2, 0.25) is 0 Å². The Labute approximate surface area is 130 Å². The summed E-state index contributed by atoms with van der Waals surface area (Å²) >= 11 is 3.52. The number of halogens is 1. The van der Waals surface area contributed by atoms with E-state index in [0.29, 0.717) is 6.54 Å². The van der Waals surface area contributed by atoms with Crippen LogP contribution in [0.25, 0.3) is 0 Å². The smallest absolute Gasteiger partial charge is 0.0819 e. The highest BCUT2D eigenvalue weighted by atomic mass is 79.9. The zero-order valence-electron chi connectivity index (χ0n) is 12.4. The second-order valence-electron chi connectivity index (χ2n) is 6.12. The zero-order valence-corrected chi connectivity index (χ0v) is 14.0. The minimum atomic E-state index is -0.569. The van der Waals surface area contributed by atoms with Crippen LogP contribution in [-0.4, -0.2) is 17.3 Å². The molecular formula is C16H25BrN2O. The van der Waals surface area contributed by atoms with Crippen molar-refractivity contribution in [3.05, 3.63) is 22.2 Å². The highest BCUT2D eigenvalue weighted by molar-refractivity contribution is 9.10. The molecule has 4 heteroatoms. The van der Waals surface area contributed by atoms with Crippen molar-refractivity contribution in [2.75, 3.05) is 17.6 Å². The van der Waals surface area contributed by atoms with E-state index in [2.05, 4.69) is 28.2 Å². The summed E-state index contributed by atoms with van der Waals surface area (Å²) in [7, 11) is 0. The molecule has 0 spiro atoms. The van der Waals surface area contributed by atoms with Gasteiger partial charge >= 0.3 is 0 Å². The summed E-state index contributed by atoms with van der Waals surface area (Å²) in [4.78, 5) is 0. The lowest BCUT2D eigenvalue weighted by molar-refractivity contribution is 0.00228. The van der Waals surface area contributed by atoms with Gasteiger partial charge < -0.3 is 16.2 Å². The van der Waals surface area contributed by atoms with Crippen LogP contribution in [0.1, 0.15) is 44.6 Å². The van der Waals surface area contributed by atoms with Gasteiger partial charge in [-0.2, -0.15) is 0 Å². The van der Waals surface area contributed by atoms with Crippen molar-refractivity contribution < 1.29 is 5.11 Å². The molecular weight excluding hydrogens is 316 g/mol. The lowest BCUT2D eigenvalue weighted by Gasteiger charge is -2.36.